The second-order valence-corrected chi connectivity index (χ2v) is 9.24. The Morgan fingerprint density at radius 1 is 0.711 bits per heavy atom. The van der Waals surface area contributed by atoms with Crippen LogP contribution in [0.4, 0.5) is 11.4 Å². The molecule has 0 aromatic heterocycles. The number of Topliss-reactive ketones (excluding diaryl/α,β-unsaturated/α-hetero) is 2. The first-order valence-corrected chi connectivity index (χ1v) is 11.9. The van der Waals surface area contributed by atoms with E-state index in [1.165, 1.54) is 14.2 Å². The van der Waals surface area contributed by atoms with Crippen molar-refractivity contribution in [2.45, 2.75) is 6.04 Å². The summed E-state index contributed by atoms with van der Waals surface area (Å²) in [5, 5.41) is 3.31. The number of methoxy groups -OCH3 is 2. The van der Waals surface area contributed by atoms with Crippen LogP contribution < -0.4 is 14.8 Å². The van der Waals surface area contributed by atoms with Crippen LogP contribution in [0.25, 0.3) is 0 Å². The average Bonchev–Trinajstić information content (AvgIpc) is 2.95. The van der Waals surface area contributed by atoms with E-state index < -0.39 is 6.04 Å². The number of nitrogens with one attached hydrogen (secondary N) is 1. The van der Waals surface area contributed by atoms with Gasteiger partial charge in [0.05, 0.1) is 48.5 Å². The summed E-state index contributed by atoms with van der Waals surface area (Å²) in [6, 6.07) is 12.5. The highest BCUT2D eigenvalue weighted by molar-refractivity contribution is 6.35. The molecule has 7 rings (SSSR count). The third-order valence-electron chi connectivity index (χ3n) is 7.41. The summed E-state index contributed by atoms with van der Waals surface area (Å²) in [4.78, 5) is 58.7. The SMILES string of the molecule is COc1ccc2c(c1OC)C(=O)C1=C(C2=O)C2Nc3ccc4c(c3N=C2C=C1)C(=O)c1ccccc1C4=O. The van der Waals surface area contributed by atoms with Crippen molar-refractivity contribution in [1.82, 2.24) is 0 Å². The Bertz CT molecular complexity index is 1790. The molecule has 3 aromatic carbocycles. The highest BCUT2D eigenvalue weighted by atomic mass is 16.5. The van der Waals surface area contributed by atoms with Crippen LogP contribution in [0, 0.1) is 0 Å². The average molecular weight is 502 g/mol. The van der Waals surface area contributed by atoms with Crippen LogP contribution in [0.2, 0.25) is 0 Å². The molecule has 3 aromatic rings. The van der Waals surface area contributed by atoms with Crippen molar-refractivity contribution in [2.24, 2.45) is 4.99 Å². The molecule has 0 saturated carbocycles. The topological polar surface area (TPSA) is 111 Å². The summed E-state index contributed by atoms with van der Waals surface area (Å²) in [5.41, 5.74) is 3.41. The number of nitrogens with zero attached hydrogens (tertiary/aromatic N) is 1. The number of hydrogen-bond donors (Lipinski definition) is 1. The van der Waals surface area contributed by atoms with Gasteiger partial charge < -0.3 is 14.8 Å². The molecule has 0 saturated heterocycles. The lowest BCUT2D eigenvalue weighted by molar-refractivity contribution is 0.0972. The Morgan fingerprint density at radius 2 is 1.42 bits per heavy atom. The van der Waals surface area contributed by atoms with E-state index in [-0.39, 0.29) is 62.3 Å². The van der Waals surface area contributed by atoms with Gasteiger partial charge in [0, 0.05) is 33.4 Å². The van der Waals surface area contributed by atoms with Gasteiger partial charge in [0.2, 0.25) is 0 Å². The Morgan fingerprint density at radius 3 is 2.16 bits per heavy atom. The maximum absolute atomic E-state index is 13.8. The predicted octanol–water partition coefficient (Wildman–Crippen LogP) is 4.29. The van der Waals surface area contributed by atoms with E-state index in [4.69, 9.17) is 14.5 Å². The second kappa shape index (κ2) is 7.69. The molecule has 1 aliphatic heterocycles. The molecule has 184 valence electrons. The van der Waals surface area contributed by atoms with Crippen molar-refractivity contribution in [1.29, 1.82) is 0 Å². The van der Waals surface area contributed by atoms with Crippen molar-refractivity contribution in [3.63, 3.8) is 0 Å². The van der Waals surface area contributed by atoms with E-state index in [2.05, 4.69) is 5.32 Å². The van der Waals surface area contributed by atoms with Crippen LogP contribution in [0.1, 0.15) is 52.6 Å². The normalized spacial score (nSPS) is 18.4. The number of carbonyl (C=O) groups excluding carboxylic acids is 4. The number of allylic oxidation sites excluding steroid dienone is 2. The van der Waals surface area contributed by atoms with Crippen LogP contribution in [0.3, 0.4) is 0 Å². The van der Waals surface area contributed by atoms with E-state index in [1.807, 2.05) is 0 Å². The molecule has 1 heterocycles. The van der Waals surface area contributed by atoms with Gasteiger partial charge >= 0.3 is 0 Å². The van der Waals surface area contributed by atoms with Gasteiger partial charge in [0.1, 0.15) is 0 Å². The molecule has 8 heteroatoms. The lowest BCUT2D eigenvalue weighted by atomic mass is 9.76. The van der Waals surface area contributed by atoms with E-state index >= 15 is 0 Å². The molecule has 4 aliphatic rings. The van der Waals surface area contributed by atoms with Crippen LogP contribution in [-0.4, -0.2) is 49.1 Å². The molecule has 0 bridgehead atoms. The lowest BCUT2D eigenvalue weighted by Gasteiger charge is -2.34. The smallest absolute Gasteiger partial charge is 0.198 e. The van der Waals surface area contributed by atoms with Gasteiger partial charge in [0.25, 0.3) is 0 Å². The Balaban J connectivity index is 1.36. The van der Waals surface area contributed by atoms with Crippen LogP contribution in [-0.2, 0) is 0 Å². The standard InChI is InChI=1S/C30H18N2O6/c1-37-20-12-9-17-23(30(20)38-2)29(36)16-8-11-19-25(22(16)28(17)35)32-18-10-7-15-21(24(18)31-19)27(34)14-6-4-3-5-13(14)26(15)33/h3-12,25,32H,1-2H3. The Labute approximate surface area is 216 Å². The fourth-order valence-corrected chi connectivity index (χ4v) is 5.67. The van der Waals surface area contributed by atoms with Crippen LogP contribution in [0.15, 0.2) is 76.8 Å². The minimum absolute atomic E-state index is 0.161. The first kappa shape index (κ1) is 22.1. The molecule has 1 atom stereocenters. The van der Waals surface area contributed by atoms with Gasteiger partial charge in [-0.1, -0.05) is 24.3 Å². The molecule has 1 unspecified atom stereocenters. The second-order valence-electron chi connectivity index (χ2n) is 9.24. The molecule has 0 spiro atoms. The summed E-state index contributed by atoms with van der Waals surface area (Å²) in [7, 11) is 2.89. The monoisotopic (exact) mass is 502 g/mol. The van der Waals surface area contributed by atoms with Crippen molar-refractivity contribution in [3.05, 3.63) is 105 Å². The third-order valence-corrected chi connectivity index (χ3v) is 7.41. The summed E-state index contributed by atoms with van der Waals surface area (Å²) >= 11 is 0. The first-order valence-electron chi connectivity index (χ1n) is 11.9. The Hall–Kier alpha value is -5.11. The third kappa shape index (κ3) is 2.71. The number of fused-ring (bicyclic) bond motifs is 7. The van der Waals surface area contributed by atoms with E-state index in [0.717, 1.165) is 0 Å². The van der Waals surface area contributed by atoms with Gasteiger partial charge in [-0.05, 0) is 36.4 Å². The number of carbonyl (C=O) groups is 4. The molecular formula is C30H18N2O6. The van der Waals surface area contributed by atoms with Crippen molar-refractivity contribution in [3.8, 4) is 11.5 Å². The first-order chi connectivity index (χ1) is 18.4. The zero-order valence-corrected chi connectivity index (χ0v) is 20.2. The molecule has 0 radical (unpaired) electrons. The van der Waals surface area contributed by atoms with Gasteiger partial charge in [-0.25, -0.2) is 4.99 Å². The van der Waals surface area contributed by atoms with Crippen molar-refractivity contribution < 1.29 is 28.7 Å². The number of hydrogen-bond acceptors (Lipinski definition) is 8. The minimum Gasteiger partial charge on any atom is -0.493 e. The van der Waals surface area contributed by atoms with Gasteiger partial charge in [-0.2, -0.15) is 0 Å². The zero-order chi connectivity index (χ0) is 26.3. The van der Waals surface area contributed by atoms with Crippen molar-refractivity contribution in [2.75, 3.05) is 19.5 Å². The quantitative estimate of drug-likeness (QED) is 0.435. The largest absolute Gasteiger partial charge is 0.493 e. The molecular weight excluding hydrogens is 484 g/mol. The zero-order valence-electron chi connectivity index (χ0n) is 20.2. The fourth-order valence-electron chi connectivity index (χ4n) is 5.67. The molecule has 8 nitrogen and oxygen atoms in total. The van der Waals surface area contributed by atoms with E-state index in [1.54, 1.807) is 60.7 Å². The predicted molar refractivity (Wildman–Crippen MR) is 139 cm³/mol. The molecule has 0 fully saturated rings. The highest BCUT2D eigenvalue weighted by Crippen LogP contribution is 2.45. The fraction of sp³-hybridized carbons (Fsp3) is 0.100. The number of benzene rings is 3. The van der Waals surface area contributed by atoms with Gasteiger partial charge in [0.15, 0.2) is 34.6 Å². The summed E-state index contributed by atoms with van der Waals surface area (Å²) < 4.78 is 10.8. The van der Waals surface area contributed by atoms with Gasteiger partial charge in [-0.15, -0.1) is 0 Å². The minimum atomic E-state index is -0.708. The van der Waals surface area contributed by atoms with E-state index in [9.17, 15) is 19.2 Å². The number of anilines is 1. The number of rotatable bonds is 2. The van der Waals surface area contributed by atoms with Crippen LogP contribution >= 0.6 is 0 Å². The van der Waals surface area contributed by atoms with E-state index in [0.29, 0.717) is 34.0 Å². The molecule has 0 amide bonds. The molecule has 38 heavy (non-hydrogen) atoms. The number of ether oxygens (including phenoxy) is 2. The van der Waals surface area contributed by atoms with Crippen LogP contribution in [0.5, 0.6) is 11.5 Å². The maximum Gasteiger partial charge on any atom is 0.198 e. The summed E-state index contributed by atoms with van der Waals surface area (Å²) in [6.07, 6.45) is 3.22. The number of ketones is 4. The molecule has 3 aliphatic carbocycles. The van der Waals surface area contributed by atoms with Crippen molar-refractivity contribution >= 4 is 40.2 Å². The highest BCUT2D eigenvalue weighted by Gasteiger charge is 2.43. The number of aliphatic imine (C=N–C) groups is 1. The summed E-state index contributed by atoms with van der Waals surface area (Å²) in [5.74, 6) is -0.634. The lowest BCUT2D eigenvalue weighted by Crippen LogP contribution is -2.41. The maximum atomic E-state index is 13.8. The molecule has 1 N–H and O–H groups in total. The Kier molecular flexibility index (Phi) is 4.48. The van der Waals surface area contributed by atoms with Gasteiger partial charge in [-0.3, -0.25) is 19.2 Å². The summed E-state index contributed by atoms with van der Waals surface area (Å²) in [6.45, 7) is 0.